The van der Waals surface area contributed by atoms with E-state index in [0.29, 0.717) is 23.4 Å². The molecule has 1 atom stereocenters. The molecule has 0 aliphatic carbocycles. The molecule has 23 heavy (non-hydrogen) atoms. The van der Waals surface area contributed by atoms with E-state index in [-0.39, 0.29) is 17.1 Å². The van der Waals surface area contributed by atoms with Crippen molar-refractivity contribution in [2.24, 2.45) is 9.51 Å². The Kier molecular flexibility index (Phi) is 4.92. The first-order valence-corrected chi connectivity index (χ1v) is 8.16. The van der Waals surface area contributed by atoms with Crippen LogP contribution in [0.15, 0.2) is 21.6 Å². The second-order valence-corrected chi connectivity index (χ2v) is 8.53. The van der Waals surface area contributed by atoms with Crippen LogP contribution in [-0.4, -0.2) is 22.6 Å². The van der Waals surface area contributed by atoms with Gasteiger partial charge in [0.2, 0.25) is 0 Å². The van der Waals surface area contributed by atoms with Crippen LogP contribution >= 0.6 is 11.9 Å². The van der Waals surface area contributed by atoms with Crippen LogP contribution in [-0.2, 0) is 6.42 Å². The third-order valence-electron chi connectivity index (χ3n) is 3.36. The zero-order chi connectivity index (χ0) is 17.3. The predicted molar refractivity (Wildman–Crippen MR) is 92.7 cm³/mol. The highest BCUT2D eigenvalue weighted by Gasteiger charge is 2.36. The van der Waals surface area contributed by atoms with Gasteiger partial charge in [0.1, 0.15) is 17.2 Å². The third kappa shape index (κ3) is 4.39. The fraction of sp³-hybridized carbons (Fsp3) is 0.562. The number of ether oxygens (including phenoxy) is 1. The summed E-state index contributed by atoms with van der Waals surface area (Å²) in [5.41, 5.74) is 10.0. The molecular weight excluding hydrogens is 315 g/mol. The van der Waals surface area contributed by atoms with Crippen molar-refractivity contribution in [2.45, 2.75) is 51.4 Å². The molecule has 0 amide bonds. The average molecular weight is 336 g/mol. The molecule has 124 valence electrons. The molecule has 0 unspecified atom stereocenters. The number of azide groups is 1. The molecule has 1 aromatic rings. The van der Waals surface area contributed by atoms with E-state index < -0.39 is 5.60 Å². The van der Waals surface area contributed by atoms with E-state index in [1.807, 2.05) is 13.8 Å². The summed E-state index contributed by atoms with van der Waals surface area (Å²) in [6.07, 6.45) is 0.506. The lowest BCUT2D eigenvalue weighted by atomic mass is 9.98. The van der Waals surface area contributed by atoms with E-state index in [2.05, 4.69) is 35.2 Å². The zero-order valence-corrected chi connectivity index (χ0v) is 14.9. The SMILES string of the molecule is C/C(=N\SC(C)(C)C)c1cc(F)cc2c1O[C@@](C)(CN=[N+]=[N-])C2. The van der Waals surface area contributed by atoms with Gasteiger partial charge in [-0.05, 0) is 64.2 Å². The lowest BCUT2D eigenvalue weighted by molar-refractivity contribution is 0.125. The molecule has 0 bridgehead atoms. The van der Waals surface area contributed by atoms with E-state index in [4.69, 9.17) is 10.3 Å². The van der Waals surface area contributed by atoms with Gasteiger partial charge in [0.25, 0.3) is 0 Å². The minimum atomic E-state index is -0.644. The van der Waals surface area contributed by atoms with Gasteiger partial charge in [0, 0.05) is 27.2 Å². The van der Waals surface area contributed by atoms with Crippen molar-refractivity contribution in [3.05, 3.63) is 39.5 Å². The Balaban J connectivity index is 2.37. The van der Waals surface area contributed by atoms with Gasteiger partial charge in [-0.3, -0.25) is 0 Å². The maximum absolute atomic E-state index is 14.0. The van der Waals surface area contributed by atoms with Crippen molar-refractivity contribution in [3.63, 3.8) is 0 Å². The largest absolute Gasteiger partial charge is 0.486 e. The third-order valence-corrected chi connectivity index (χ3v) is 4.27. The predicted octanol–water partition coefficient (Wildman–Crippen LogP) is 5.09. The molecule has 7 heteroatoms. The minimum Gasteiger partial charge on any atom is -0.486 e. The van der Waals surface area contributed by atoms with Crippen molar-refractivity contribution in [2.75, 3.05) is 6.54 Å². The van der Waals surface area contributed by atoms with Crippen molar-refractivity contribution >= 4 is 17.7 Å². The van der Waals surface area contributed by atoms with Crippen LogP contribution in [0.3, 0.4) is 0 Å². The van der Waals surface area contributed by atoms with E-state index in [1.165, 1.54) is 24.1 Å². The van der Waals surface area contributed by atoms with Crippen LogP contribution < -0.4 is 4.74 Å². The summed E-state index contributed by atoms with van der Waals surface area (Å²) in [5, 5.41) is 3.60. The van der Waals surface area contributed by atoms with Gasteiger partial charge in [-0.2, -0.15) is 0 Å². The molecule has 1 aliphatic heterocycles. The van der Waals surface area contributed by atoms with Crippen LogP contribution in [0.25, 0.3) is 10.4 Å². The molecular formula is C16H21FN4OS. The Bertz CT molecular complexity index is 692. The van der Waals surface area contributed by atoms with Gasteiger partial charge in [0.15, 0.2) is 0 Å². The first-order chi connectivity index (χ1) is 10.6. The van der Waals surface area contributed by atoms with E-state index in [0.717, 1.165) is 5.56 Å². The Labute approximate surface area is 140 Å². The molecule has 0 N–H and O–H groups in total. The lowest BCUT2D eigenvalue weighted by Crippen LogP contribution is -2.33. The number of rotatable bonds is 4. The van der Waals surface area contributed by atoms with Crippen molar-refractivity contribution in [1.29, 1.82) is 0 Å². The number of nitrogens with zero attached hydrogens (tertiary/aromatic N) is 4. The fourth-order valence-corrected chi connectivity index (χ4v) is 2.89. The summed E-state index contributed by atoms with van der Waals surface area (Å²) in [6.45, 7) is 10.1. The highest BCUT2D eigenvalue weighted by atomic mass is 32.2. The van der Waals surface area contributed by atoms with Gasteiger partial charge < -0.3 is 4.74 Å². The maximum atomic E-state index is 14.0. The highest BCUT2D eigenvalue weighted by molar-refractivity contribution is 7.99. The zero-order valence-electron chi connectivity index (χ0n) is 14.1. The Morgan fingerprint density at radius 1 is 1.48 bits per heavy atom. The lowest BCUT2D eigenvalue weighted by Gasteiger charge is -2.22. The van der Waals surface area contributed by atoms with E-state index >= 15 is 0 Å². The molecule has 0 fully saturated rings. The van der Waals surface area contributed by atoms with Crippen molar-refractivity contribution in [3.8, 4) is 5.75 Å². The molecule has 0 saturated carbocycles. The number of fused-ring (bicyclic) bond motifs is 1. The van der Waals surface area contributed by atoms with Gasteiger partial charge in [-0.15, -0.1) is 0 Å². The van der Waals surface area contributed by atoms with Crippen molar-refractivity contribution in [1.82, 2.24) is 0 Å². The van der Waals surface area contributed by atoms with Gasteiger partial charge in [0.05, 0.1) is 12.3 Å². The minimum absolute atomic E-state index is 0.0192. The van der Waals surface area contributed by atoms with Crippen LogP contribution in [0.4, 0.5) is 4.39 Å². The first kappa shape index (κ1) is 17.6. The van der Waals surface area contributed by atoms with Gasteiger partial charge in [-0.25, -0.2) is 8.79 Å². The fourth-order valence-electron chi connectivity index (χ4n) is 2.38. The molecule has 0 spiro atoms. The summed E-state index contributed by atoms with van der Waals surface area (Å²) >= 11 is 1.44. The number of hydrogen-bond donors (Lipinski definition) is 0. The quantitative estimate of drug-likeness (QED) is 0.253. The second kappa shape index (κ2) is 6.42. The van der Waals surface area contributed by atoms with Crippen LogP contribution in [0.2, 0.25) is 0 Å². The van der Waals surface area contributed by atoms with Crippen LogP contribution in [0, 0.1) is 5.82 Å². The van der Waals surface area contributed by atoms with Crippen molar-refractivity contribution < 1.29 is 9.13 Å². The molecule has 5 nitrogen and oxygen atoms in total. The summed E-state index contributed by atoms with van der Waals surface area (Å²) in [6, 6.07) is 2.92. The first-order valence-electron chi connectivity index (χ1n) is 7.39. The summed E-state index contributed by atoms with van der Waals surface area (Å²) < 4.78 is 24.5. The normalized spacial score (nSPS) is 20.7. The monoisotopic (exact) mass is 336 g/mol. The van der Waals surface area contributed by atoms with E-state index in [9.17, 15) is 4.39 Å². The Morgan fingerprint density at radius 3 is 2.78 bits per heavy atom. The smallest absolute Gasteiger partial charge is 0.132 e. The summed E-state index contributed by atoms with van der Waals surface area (Å²) in [4.78, 5) is 2.78. The van der Waals surface area contributed by atoms with Crippen LogP contribution in [0.5, 0.6) is 5.75 Å². The highest BCUT2D eigenvalue weighted by Crippen LogP contribution is 2.39. The molecule has 0 radical (unpaired) electrons. The standard InChI is InChI=1S/C16H21FN4OS/c1-10(20-23-15(2,3)4)13-7-12(17)6-11-8-16(5,9-19-21-18)22-14(11)13/h6-7H,8-9H2,1-5H3/b20-10+/t16-/m1/s1. The molecule has 1 aliphatic rings. The topological polar surface area (TPSA) is 70.4 Å². The maximum Gasteiger partial charge on any atom is 0.132 e. The molecule has 1 aromatic carbocycles. The van der Waals surface area contributed by atoms with Crippen LogP contribution in [0.1, 0.15) is 45.7 Å². The van der Waals surface area contributed by atoms with Gasteiger partial charge in [-0.1, -0.05) is 5.11 Å². The van der Waals surface area contributed by atoms with E-state index in [1.54, 1.807) is 0 Å². The summed E-state index contributed by atoms with van der Waals surface area (Å²) in [7, 11) is 0. The Morgan fingerprint density at radius 2 is 2.17 bits per heavy atom. The molecule has 0 saturated heterocycles. The molecule has 0 aromatic heterocycles. The number of benzene rings is 1. The average Bonchev–Trinajstić information content (AvgIpc) is 2.77. The van der Waals surface area contributed by atoms with Gasteiger partial charge >= 0.3 is 0 Å². The molecule has 2 rings (SSSR count). The Hall–Kier alpha value is -1.72. The second-order valence-electron chi connectivity index (χ2n) is 6.94. The molecule has 1 heterocycles. The number of hydrogen-bond acceptors (Lipinski definition) is 4. The summed E-state index contributed by atoms with van der Waals surface area (Å²) in [5.74, 6) is 0.323. The number of halogens is 1.